The molecule has 0 saturated carbocycles. The molecule has 0 N–H and O–H groups in total. The van der Waals surface area contributed by atoms with Crippen molar-refractivity contribution in [1.29, 1.82) is 0 Å². The quantitative estimate of drug-likeness (QED) is 0.266. The number of hydrogen-bond donors (Lipinski definition) is 0. The van der Waals surface area contributed by atoms with E-state index in [1.54, 1.807) is 36.2 Å². The highest BCUT2D eigenvalue weighted by Crippen LogP contribution is 2.31. The van der Waals surface area contributed by atoms with Gasteiger partial charge in [-0.25, -0.2) is 17.5 Å². The summed E-state index contributed by atoms with van der Waals surface area (Å²) < 4.78 is 33.7. The molecule has 4 rings (SSSR count). The largest absolute Gasteiger partial charge is 0.445 e. The number of sulfonamides is 1. The van der Waals surface area contributed by atoms with Crippen molar-refractivity contribution in [2.45, 2.75) is 49.1 Å². The summed E-state index contributed by atoms with van der Waals surface area (Å²) in [5, 5.41) is 0. The van der Waals surface area contributed by atoms with E-state index in [2.05, 4.69) is 29.9 Å². The molecule has 3 aromatic carbocycles. The number of terminal acetylenes is 1. The molecule has 0 aromatic heterocycles. The van der Waals surface area contributed by atoms with E-state index in [0.29, 0.717) is 11.4 Å². The first-order valence-electron chi connectivity index (χ1n) is 14.4. The van der Waals surface area contributed by atoms with Crippen LogP contribution in [0.2, 0.25) is 0 Å². The Hall–Kier alpha value is -3.64. The van der Waals surface area contributed by atoms with Crippen molar-refractivity contribution in [3.8, 4) is 12.3 Å². The lowest BCUT2D eigenvalue weighted by molar-refractivity contribution is 0.0655. The van der Waals surface area contributed by atoms with Gasteiger partial charge in [0.1, 0.15) is 6.61 Å². The molecular weight excluding hydrogens is 546 g/mol. The molecule has 42 heavy (non-hydrogen) atoms. The molecule has 1 amide bonds. The van der Waals surface area contributed by atoms with Gasteiger partial charge in [-0.15, -0.1) is 6.42 Å². The first-order chi connectivity index (χ1) is 20.2. The fraction of sp³-hybridized carbons (Fsp3) is 0.382. The summed E-state index contributed by atoms with van der Waals surface area (Å²) >= 11 is 0. The van der Waals surface area contributed by atoms with Gasteiger partial charge in [-0.3, -0.25) is 4.90 Å². The molecular formula is C34H41N3O4S. The van der Waals surface area contributed by atoms with Crippen LogP contribution in [0.25, 0.3) is 0 Å². The second-order valence-corrected chi connectivity index (χ2v) is 13.2. The lowest BCUT2D eigenvalue weighted by atomic mass is 9.79. The average Bonchev–Trinajstić information content (AvgIpc) is 3.03. The fourth-order valence-corrected chi connectivity index (χ4v) is 6.92. The molecule has 0 bridgehead atoms. The van der Waals surface area contributed by atoms with Crippen LogP contribution in [0.15, 0.2) is 95.9 Å². The summed E-state index contributed by atoms with van der Waals surface area (Å²) in [5.74, 6) is 2.62. The Bertz CT molecular complexity index is 1420. The Balaban J connectivity index is 1.37. The van der Waals surface area contributed by atoms with Crippen molar-refractivity contribution in [2.24, 2.45) is 0 Å². The van der Waals surface area contributed by atoms with Crippen LogP contribution < -0.4 is 0 Å². The number of nitrogens with zero attached hydrogens (tertiary/aromatic N) is 3. The van der Waals surface area contributed by atoms with Gasteiger partial charge in [0.05, 0.1) is 11.4 Å². The molecule has 1 saturated heterocycles. The molecule has 0 spiro atoms. The van der Waals surface area contributed by atoms with Crippen LogP contribution in [-0.4, -0.2) is 74.4 Å². The van der Waals surface area contributed by atoms with Crippen LogP contribution in [-0.2, 0) is 26.8 Å². The second kappa shape index (κ2) is 14.5. The van der Waals surface area contributed by atoms with Gasteiger partial charge in [-0.05, 0) is 49.1 Å². The first kappa shape index (κ1) is 31.3. The summed E-state index contributed by atoms with van der Waals surface area (Å²) in [6.07, 6.45) is 7.61. The van der Waals surface area contributed by atoms with E-state index in [1.165, 1.54) is 4.31 Å². The van der Waals surface area contributed by atoms with Crippen LogP contribution in [0.4, 0.5) is 4.79 Å². The molecule has 8 heteroatoms. The van der Waals surface area contributed by atoms with E-state index in [4.69, 9.17) is 11.2 Å². The lowest BCUT2D eigenvalue weighted by Crippen LogP contribution is -2.49. The summed E-state index contributed by atoms with van der Waals surface area (Å²) in [6.45, 7) is 5.38. The Kier molecular flexibility index (Phi) is 10.8. The van der Waals surface area contributed by atoms with Gasteiger partial charge in [0.15, 0.2) is 0 Å². The Labute approximate surface area is 251 Å². The van der Waals surface area contributed by atoms with Crippen LogP contribution in [0.5, 0.6) is 0 Å². The van der Waals surface area contributed by atoms with Gasteiger partial charge in [0.25, 0.3) is 0 Å². The second-order valence-electron chi connectivity index (χ2n) is 11.2. The smallest absolute Gasteiger partial charge is 0.411 e. The van der Waals surface area contributed by atoms with Crippen molar-refractivity contribution >= 4 is 16.1 Å². The number of rotatable bonds is 12. The highest BCUT2D eigenvalue weighted by atomic mass is 32.2. The third kappa shape index (κ3) is 8.01. The maximum atomic E-state index is 13.3. The van der Waals surface area contributed by atoms with Crippen molar-refractivity contribution < 1.29 is 17.9 Å². The summed E-state index contributed by atoms with van der Waals surface area (Å²) in [5.41, 5.74) is 1.65. The molecule has 1 fully saturated rings. The maximum Gasteiger partial charge on any atom is 0.411 e. The maximum absolute atomic E-state index is 13.3. The number of piperidine rings is 1. The molecule has 1 atom stereocenters. The predicted molar refractivity (Wildman–Crippen MR) is 166 cm³/mol. The van der Waals surface area contributed by atoms with E-state index in [9.17, 15) is 13.2 Å². The Morgan fingerprint density at radius 3 is 2.14 bits per heavy atom. The molecule has 0 radical (unpaired) electrons. The lowest BCUT2D eigenvalue weighted by Gasteiger charge is -2.40. The SMILES string of the molecule is C#CCN(C(=O)OCc1ccccc1)C1CCN(CCC(C)(CN(C)S(=O)(=O)c2ccccc2)c2ccccc2)CC1. The zero-order chi connectivity index (χ0) is 30.0. The highest BCUT2D eigenvalue weighted by Gasteiger charge is 2.34. The van der Waals surface area contributed by atoms with Crippen LogP contribution in [0.3, 0.4) is 0 Å². The number of carbonyl (C=O) groups excluding carboxylic acids is 1. The average molecular weight is 588 g/mol. The van der Waals surface area contributed by atoms with Gasteiger partial charge in [-0.1, -0.05) is 91.7 Å². The summed E-state index contributed by atoms with van der Waals surface area (Å²) in [7, 11) is -1.96. The topological polar surface area (TPSA) is 70.2 Å². The number of ether oxygens (including phenoxy) is 1. The summed E-state index contributed by atoms with van der Waals surface area (Å²) in [6, 6.07) is 28.3. The zero-order valence-corrected chi connectivity index (χ0v) is 25.4. The van der Waals surface area contributed by atoms with Gasteiger partial charge < -0.3 is 9.64 Å². The number of benzene rings is 3. The van der Waals surface area contributed by atoms with Crippen LogP contribution >= 0.6 is 0 Å². The number of carbonyl (C=O) groups is 1. The van der Waals surface area contributed by atoms with Gasteiger partial charge in [0.2, 0.25) is 10.0 Å². The minimum atomic E-state index is -3.62. The van der Waals surface area contributed by atoms with Crippen molar-refractivity contribution in [2.75, 3.05) is 39.8 Å². The molecule has 1 aliphatic heterocycles. The molecule has 1 unspecified atom stereocenters. The fourth-order valence-electron chi connectivity index (χ4n) is 5.61. The van der Waals surface area contributed by atoms with Crippen molar-refractivity contribution in [3.63, 3.8) is 0 Å². The monoisotopic (exact) mass is 587 g/mol. The number of amides is 1. The minimum absolute atomic E-state index is 0.0169. The highest BCUT2D eigenvalue weighted by molar-refractivity contribution is 7.89. The number of likely N-dealkylation sites (N-methyl/N-ethyl adjacent to an activating group) is 1. The van der Waals surface area contributed by atoms with Gasteiger partial charge in [0, 0.05) is 38.1 Å². The predicted octanol–water partition coefficient (Wildman–Crippen LogP) is 5.39. The Morgan fingerprint density at radius 1 is 0.976 bits per heavy atom. The van der Waals surface area contributed by atoms with E-state index in [0.717, 1.165) is 50.0 Å². The number of likely N-dealkylation sites (tertiary alicyclic amines) is 1. The number of hydrogen-bond acceptors (Lipinski definition) is 5. The third-order valence-electron chi connectivity index (χ3n) is 8.17. The minimum Gasteiger partial charge on any atom is -0.445 e. The zero-order valence-electron chi connectivity index (χ0n) is 24.6. The third-order valence-corrected chi connectivity index (χ3v) is 9.99. The molecule has 222 valence electrons. The summed E-state index contributed by atoms with van der Waals surface area (Å²) in [4.78, 5) is 17.3. The molecule has 1 aliphatic rings. The van der Waals surface area contributed by atoms with Crippen LogP contribution in [0, 0.1) is 12.3 Å². The van der Waals surface area contributed by atoms with E-state index < -0.39 is 15.4 Å². The van der Waals surface area contributed by atoms with E-state index >= 15 is 0 Å². The Morgan fingerprint density at radius 2 is 1.55 bits per heavy atom. The standard InChI is InChI=1S/C34H41N3O4S/c1-4-23-37(33(38)41-27-29-14-8-5-9-15-29)31-20-24-36(25-21-31)26-22-34(2,30-16-10-6-11-17-30)28-35(3)42(39,40)32-18-12-7-13-19-32/h1,5-19,31H,20-28H2,2-3H3. The van der Waals surface area contributed by atoms with E-state index in [-0.39, 0.29) is 25.3 Å². The molecule has 3 aromatic rings. The normalized spacial score (nSPS) is 16.0. The van der Waals surface area contributed by atoms with E-state index in [1.807, 2.05) is 54.6 Å². The van der Waals surface area contributed by atoms with Gasteiger partial charge in [-0.2, -0.15) is 0 Å². The molecule has 1 heterocycles. The molecule has 7 nitrogen and oxygen atoms in total. The first-order valence-corrected chi connectivity index (χ1v) is 15.9. The van der Waals surface area contributed by atoms with Crippen molar-refractivity contribution in [3.05, 3.63) is 102 Å². The van der Waals surface area contributed by atoms with Gasteiger partial charge >= 0.3 is 6.09 Å². The van der Waals surface area contributed by atoms with Crippen LogP contribution in [0.1, 0.15) is 37.3 Å². The molecule has 0 aliphatic carbocycles. The van der Waals surface area contributed by atoms with Crippen molar-refractivity contribution in [1.82, 2.24) is 14.1 Å².